The van der Waals surface area contributed by atoms with Crippen molar-refractivity contribution >= 4 is 29.2 Å². The van der Waals surface area contributed by atoms with Crippen LogP contribution in [-0.2, 0) is 14.4 Å². The molecule has 4 atom stereocenters. The summed E-state index contributed by atoms with van der Waals surface area (Å²) >= 11 is 0. The van der Waals surface area contributed by atoms with E-state index in [1.807, 2.05) is 38.1 Å². The van der Waals surface area contributed by atoms with Crippen molar-refractivity contribution in [2.75, 3.05) is 37.6 Å². The van der Waals surface area contributed by atoms with Crippen LogP contribution in [0, 0.1) is 11.8 Å². The Balaban J connectivity index is 1.21. The Morgan fingerprint density at radius 1 is 0.946 bits per heavy atom. The Morgan fingerprint density at radius 2 is 1.59 bits per heavy atom. The molecule has 4 unspecified atom stereocenters. The van der Waals surface area contributed by atoms with Crippen molar-refractivity contribution in [3.05, 3.63) is 29.8 Å². The molecule has 37 heavy (non-hydrogen) atoms. The fourth-order valence-corrected chi connectivity index (χ4v) is 5.83. The molecule has 8 heteroatoms. The second-order valence-corrected chi connectivity index (χ2v) is 11.2. The molecule has 3 aliphatic heterocycles. The van der Waals surface area contributed by atoms with Gasteiger partial charge in [-0.1, -0.05) is 27.2 Å². The molecule has 3 heterocycles. The number of rotatable bonds is 10. The van der Waals surface area contributed by atoms with E-state index in [9.17, 15) is 19.2 Å². The van der Waals surface area contributed by atoms with Gasteiger partial charge in [0, 0.05) is 50.3 Å². The molecule has 0 radical (unpaired) electrons. The molecule has 3 amide bonds. The predicted octanol–water partition coefficient (Wildman–Crippen LogP) is 3.25. The van der Waals surface area contributed by atoms with Gasteiger partial charge in [0.1, 0.15) is 6.04 Å². The van der Waals surface area contributed by atoms with Crippen molar-refractivity contribution in [3.63, 3.8) is 0 Å². The lowest BCUT2D eigenvalue weighted by Gasteiger charge is -2.26. The zero-order chi connectivity index (χ0) is 26.5. The molecule has 0 aromatic heterocycles. The van der Waals surface area contributed by atoms with Crippen molar-refractivity contribution in [1.29, 1.82) is 0 Å². The van der Waals surface area contributed by atoms with Crippen LogP contribution in [0.4, 0.5) is 5.69 Å². The first-order chi connectivity index (χ1) is 17.8. The van der Waals surface area contributed by atoms with Crippen molar-refractivity contribution in [2.45, 2.75) is 77.8 Å². The third kappa shape index (κ3) is 6.33. The molecule has 0 bridgehead atoms. The number of likely N-dealkylation sites (tertiary alicyclic amines) is 2. The first kappa shape index (κ1) is 27.1. The Hall–Kier alpha value is -2.90. The highest BCUT2D eigenvalue weighted by Gasteiger charge is 2.51. The highest BCUT2D eigenvalue weighted by molar-refractivity contribution is 5.97. The number of carbonyl (C=O) groups is 4. The number of Topliss-reactive ketones (excluding diaryl/α,β-unsaturated/α-hetero) is 1. The second-order valence-electron chi connectivity index (χ2n) is 11.2. The van der Waals surface area contributed by atoms with E-state index >= 15 is 0 Å². The number of hydrogen-bond acceptors (Lipinski definition) is 5. The summed E-state index contributed by atoms with van der Waals surface area (Å²) in [7, 11) is 0. The summed E-state index contributed by atoms with van der Waals surface area (Å²) in [6.45, 7) is 9.38. The third-order valence-electron chi connectivity index (χ3n) is 8.33. The van der Waals surface area contributed by atoms with Crippen LogP contribution >= 0.6 is 0 Å². The lowest BCUT2D eigenvalue weighted by molar-refractivity contribution is -0.137. The number of hydrogen-bond donors (Lipinski definition) is 1. The Labute approximate surface area is 220 Å². The summed E-state index contributed by atoms with van der Waals surface area (Å²) in [5, 5.41) is 2.97. The number of fused-ring (bicyclic) bond motifs is 1. The quantitative estimate of drug-likeness (QED) is 0.522. The molecule has 0 spiro atoms. The van der Waals surface area contributed by atoms with Crippen LogP contribution < -0.4 is 10.2 Å². The van der Waals surface area contributed by atoms with Crippen molar-refractivity contribution in [1.82, 2.24) is 15.1 Å². The van der Waals surface area contributed by atoms with E-state index in [0.29, 0.717) is 44.3 Å². The molecule has 1 N–H and O–H groups in total. The van der Waals surface area contributed by atoms with Crippen molar-refractivity contribution in [3.8, 4) is 0 Å². The molecule has 3 fully saturated rings. The van der Waals surface area contributed by atoms with Gasteiger partial charge in [-0.05, 0) is 61.8 Å². The Morgan fingerprint density at radius 3 is 2.27 bits per heavy atom. The number of anilines is 1. The highest BCUT2D eigenvalue weighted by atomic mass is 16.2. The van der Waals surface area contributed by atoms with Gasteiger partial charge in [0.25, 0.3) is 5.91 Å². The molecule has 202 valence electrons. The molecule has 4 rings (SSSR count). The smallest absolute Gasteiger partial charge is 0.251 e. The van der Waals surface area contributed by atoms with Gasteiger partial charge in [-0.25, -0.2) is 0 Å². The molecule has 3 aliphatic rings. The maximum atomic E-state index is 13.1. The lowest BCUT2D eigenvalue weighted by atomic mass is 10.0. The van der Waals surface area contributed by atoms with Gasteiger partial charge in [0.2, 0.25) is 11.8 Å². The zero-order valence-corrected chi connectivity index (χ0v) is 22.6. The van der Waals surface area contributed by atoms with E-state index in [-0.39, 0.29) is 47.9 Å². The molecule has 3 saturated heterocycles. The summed E-state index contributed by atoms with van der Waals surface area (Å²) in [6.07, 6.45) is 5.48. The van der Waals surface area contributed by atoms with Gasteiger partial charge in [0.05, 0.1) is 12.6 Å². The van der Waals surface area contributed by atoms with E-state index in [4.69, 9.17) is 0 Å². The molecule has 1 aromatic carbocycles. The highest BCUT2D eigenvalue weighted by Crippen LogP contribution is 2.32. The van der Waals surface area contributed by atoms with Crippen LogP contribution in [0.3, 0.4) is 0 Å². The van der Waals surface area contributed by atoms with Gasteiger partial charge in [-0.3, -0.25) is 19.2 Å². The molecule has 0 aliphatic carbocycles. The maximum Gasteiger partial charge on any atom is 0.251 e. The number of benzene rings is 1. The van der Waals surface area contributed by atoms with Crippen LogP contribution in [0.2, 0.25) is 0 Å². The average Bonchev–Trinajstić information content (AvgIpc) is 3.63. The van der Waals surface area contributed by atoms with E-state index in [1.54, 1.807) is 9.80 Å². The number of amides is 3. The van der Waals surface area contributed by atoms with Gasteiger partial charge in [-0.15, -0.1) is 0 Å². The SMILES string of the molecule is CCC(C)CC(=O)N1CC(=O)C2C1CCN2C(=O)CC(C)CCNC(=O)c1ccc(N2CCCC2)cc1. The third-order valence-corrected chi connectivity index (χ3v) is 8.33. The van der Waals surface area contributed by atoms with Gasteiger partial charge in [0.15, 0.2) is 5.78 Å². The van der Waals surface area contributed by atoms with E-state index in [0.717, 1.165) is 25.2 Å². The van der Waals surface area contributed by atoms with Gasteiger partial charge >= 0.3 is 0 Å². The normalized spacial score (nSPS) is 22.8. The monoisotopic (exact) mass is 510 g/mol. The van der Waals surface area contributed by atoms with E-state index < -0.39 is 6.04 Å². The molecule has 1 aromatic rings. The van der Waals surface area contributed by atoms with Gasteiger partial charge in [-0.2, -0.15) is 0 Å². The molecular weight excluding hydrogens is 468 g/mol. The minimum Gasteiger partial charge on any atom is -0.372 e. The topological polar surface area (TPSA) is 90.0 Å². The van der Waals surface area contributed by atoms with E-state index in [1.165, 1.54) is 12.8 Å². The Bertz CT molecular complexity index is 988. The first-order valence-corrected chi connectivity index (χ1v) is 14.0. The second kappa shape index (κ2) is 12.1. The summed E-state index contributed by atoms with van der Waals surface area (Å²) in [5.41, 5.74) is 1.80. The number of ketones is 1. The molecule has 0 saturated carbocycles. The number of nitrogens with zero attached hydrogens (tertiary/aromatic N) is 3. The fourth-order valence-electron chi connectivity index (χ4n) is 5.83. The van der Waals surface area contributed by atoms with Crippen LogP contribution in [0.5, 0.6) is 0 Å². The van der Waals surface area contributed by atoms with Crippen LogP contribution in [0.15, 0.2) is 24.3 Å². The van der Waals surface area contributed by atoms with Crippen molar-refractivity contribution in [2.24, 2.45) is 11.8 Å². The largest absolute Gasteiger partial charge is 0.372 e. The minimum absolute atomic E-state index is 0.0241. The number of carbonyl (C=O) groups excluding carboxylic acids is 4. The van der Waals surface area contributed by atoms with Crippen LogP contribution in [0.1, 0.15) is 76.1 Å². The summed E-state index contributed by atoms with van der Waals surface area (Å²) in [4.78, 5) is 56.9. The van der Waals surface area contributed by atoms with Crippen molar-refractivity contribution < 1.29 is 19.2 Å². The molecule has 8 nitrogen and oxygen atoms in total. The summed E-state index contributed by atoms with van der Waals surface area (Å²) in [5.74, 6) is 0.227. The first-order valence-electron chi connectivity index (χ1n) is 14.0. The lowest BCUT2D eigenvalue weighted by Crippen LogP contribution is -2.44. The average molecular weight is 511 g/mol. The number of nitrogens with one attached hydrogen (secondary N) is 1. The van der Waals surface area contributed by atoms with Crippen LogP contribution in [-0.4, -0.2) is 78.1 Å². The fraction of sp³-hybridized carbons (Fsp3) is 0.655. The Kier molecular flexibility index (Phi) is 8.87. The van der Waals surface area contributed by atoms with Gasteiger partial charge < -0.3 is 20.0 Å². The maximum absolute atomic E-state index is 13.1. The summed E-state index contributed by atoms with van der Waals surface area (Å²) < 4.78 is 0. The van der Waals surface area contributed by atoms with E-state index in [2.05, 4.69) is 17.1 Å². The van der Waals surface area contributed by atoms with Crippen LogP contribution in [0.25, 0.3) is 0 Å². The minimum atomic E-state index is -0.496. The molecular formula is C29H42N4O4. The standard InChI is InChI=1S/C29H42N4O4/c1-4-20(2)17-27(36)33-19-25(34)28-24(33)12-16-32(28)26(35)18-21(3)11-13-30-29(37)22-7-9-23(10-8-22)31-14-5-6-15-31/h7-10,20-21,24,28H,4-6,11-19H2,1-3H3,(H,30,37). The zero-order valence-electron chi connectivity index (χ0n) is 22.6. The summed E-state index contributed by atoms with van der Waals surface area (Å²) in [6, 6.07) is 7.08. The predicted molar refractivity (Wildman–Crippen MR) is 143 cm³/mol.